The molecule has 0 radical (unpaired) electrons. The normalized spacial score (nSPS) is 10.2. The number of halogens is 1. The van der Waals surface area contributed by atoms with E-state index in [0.29, 0.717) is 22.0 Å². The molecule has 3 aromatic carbocycles. The van der Waals surface area contributed by atoms with Gasteiger partial charge in [0.1, 0.15) is 5.75 Å². The molecule has 24 heavy (non-hydrogen) atoms. The van der Waals surface area contributed by atoms with Gasteiger partial charge in [0.05, 0.1) is 12.8 Å². The molecule has 1 N–H and O–H groups in total. The zero-order chi connectivity index (χ0) is 16.9. The zero-order valence-electron chi connectivity index (χ0n) is 13.1. The van der Waals surface area contributed by atoms with Crippen LogP contribution in [0.1, 0.15) is 10.4 Å². The fourth-order valence-corrected chi connectivity index (χ4v) is 2.69. The minimum atomic E-state index is -0.213. The van der Waals surface area contributed by atoms with E-state index < -0.39 is 0 Å². The molecule has 0 heterocycles. The molecule has 120 valence electrons. The Morgan fingerprint density at radius 1 is 0.958 bits per heavy atom. The summed E-state index contributed by atoms with van der Waals surface area (Å²) in [4.78, 5) is 12.8. The number of carbonyl (C=O) groups is 1. The topological polar surface area (TPSA) is 38.3 Å². The highest BCUT2D eigenvalue weighted by Crippen LogP contribution is 2.29. The highest BCUT2D eigenvalue weighted by Gasteiger charge is 2.14. The van der Waals surface area contributed by atoms with Crippen LogP contribution in [0.4, 0.5) is 5.69 Å². The van der Waals surface area contributed by atoms with Crippen LogP contribution in [-0.2, 0) is 0 Å². The molecule has 0 fully saturated rings. The van der Waals surface area contributed by atoms with Crippen molar-refractivity contribution < 1.29 is 9.53 Å². The molecule has 0 saturated carbocycles. The van der Waals surface area contributed by atoms with E-state index in [-0.39, 0.29) is 5.91 Å². The summed E-state index contributed by atoms with van der Waals surface area (Å²) in [5, 5.41) is 3.41. The van der Waals surface area contributed by atoms with Gasteiger partial charge >= 0.3 is 0 Å². The fourth-order valence-electron chi connectivity index (χ4n) is 2.52. The van der Waals surface area contributed by atoms with Crippen molar-refractivity contribution >= 4 is 23.2 Å². The van der Waals surface area contributed by atoms with Crippen LogP contribution in [0, 0.1) is 0 Å². The minimum Gasteiger partial charge on any atom is -0.495 e. The average Bonchev–Trinajstić information content (AvgIpc) is 2.62. The van der Waals surface area contributed by atoms with Crippen LogP contribution in [-0.4, -0.2) is 13.0 Å². The third-order valence-corrected chi connectivity index (χ3v) is 3.90. The second-order valence-corrected chi connectivity index (χ2v) is 5.65. The summed E-state index contributed by atoms with van der Waals surface area (Å²) in [6, 6.07) is 22.4. The number of hydrogen-bond donors (Lipinski definition) is 1. The van der Waals surface area contributed by atoms with E-state index in [1.165, 1.54) is 0 Å². The predicted molar refractivity (Wildman–Crippen MR) is 97.8 cm³/mol. The lowest BCUT2D eigenvalue weighted by Crippen LogP contribution is -2.13. The molecule has 1 amide bonds. The smallest absolute Gasteiger partial charge is 0.256 e. The molecule has 0 bridgehead atoms. The maximum atomic E-state index is 12.8. The van der Waals surface area contributed by atoms with Gasteiger partial charge < -0.3 is 10.1 Å². The Kier molecular flexibility index (Phi) is 4.82. The monoisotopic (exact) mass is 337 g/mol. The lowest BCUT2D eigenvalue weighted by atomic mass is 9.99. The molecule has 0 aliphatic carbocycles. The van der Waals surface area contributed by atoms with Crippen LogP contribution in [0.25, 0.3) is 11.1 Å². The molecule has 0 unspecified atom stereocenters. The van der Waals surface area contributed by atoms with E-state index in [0.717, 1.165) is 11.1 Å². The van der Waals surface area contributed by atoms with Crippen molar-refractivity contribution in [1.29, 1.82) is 0 Å². The van der Waals surface area contributed by atoms with Crippen molar-refractivity contribution in [3.8, 4) is 16.9 Å². The van der Waals surface area contributed by atoms with Crippen molar-refractivity contribution in [1.82, 2.24) is 0 Å². The Bertz CT molecular complexity index is 863. The Morgan fingerprint density at radius 3 is 2.42 bits per heavy atom. The van der Waals surface area contributed by atoms with Crippen molar-refractivity contribution in [3.05, 3.63) is 83.4 Å². The molecule has 3 aromatic rings. The number of ether oxygens (including phenoxy) is 1. The lowest BCUT2D eigenvalue weighted by molar-refractivity contribution is 0.102. The van der Waals surface area contributed by atoms with Gasteiger partial charge in [0.15, 0.2) is 0 Å². The van der Waals surface area contributed by atoms with Gasteiger partial charge in [-0.3, -0.25) is 4.79 Å². The molecule has 3 nitrogen and oxygen atoms in total. The molecule has 0 atom stereocenters. The van der Waals surface area contributed by atoms with E-state index >= 15 is 0 Å². The molecular weight excluding hydrogens is 322 g/mol. The van der Waals surface area contributed by atoms with Gasteiger partial charge in [0.2, 0.25) is 0 Å². The number of benzene rings is 3. The van der Waals surface area contributed by atoms with E-state index in [4.69, 9.17) is 16.3 Å². The third kappa shape index (κ3) is 3.42. The van der Waals surface area contributed by atoms with E-state index in [1.807, 2.05) is 48.5 Å². The highest BCUT2D eigenvalue weighted by molar-refractivity contribution is 6.31. The summed E-state index contributed by atoms with van der Waals surface area (Å²) in [5.41, 5.74) is 2.99. The number of rotatable bonds is 4. The van der Waals surface area contributed by atoms with Crippen LogP contribution >= 0.6 is 11.6 Å². The van der Waals surface area contributed by atoms with Gasteiger partial charge in [0.25, 0.3) is 5.91 Å². The van der Waals surface area contributed by atoms with Crippen LogP contribution < -0.4 is 10.1 Å². The predicted octanol–water partition coefficient (Wildman–Crippen LogP) is 5.27. The quantitative estimate of drug-likeness (QED) is 0.704. The number of nitrogens with one attached hydrogen (secondary N) is 1. The van der Waals surface area contributed by atoms with Gasteiger partial charge in [-0.1, -0.05) is 60.1 Å². The standard InChI is InChI=1S/C20H16ClNO2/c1-24-19-12-11-15(21)13-18(19)22-20(23)17-10-6-5-9-16(17)14-7-3-2-4-8-14/h2-13H,1H3,(H,22,23). The van der Waals surface area contributed by atoms with Crippen LogP contribution in [0.15, 0.2) is 72.8 Å². The first-order valence-electron chi connectivity index (χ1n) is 7.48. The van der Waals surface area contributed by atoms with Crippen molar-refractivity contribution in [3.63, 3.8) is 0 Å². The van der Waals surface area contributed by atoms with Gasteiger partial charge in [-0.2, -0.15) is 0 Å². The molecule has 3 rings (SSSR count). The van der Waals surface area contributed by atoms with Gasteiger partial charge in [-0.05, 0) is 35.4 Å². The summed E-state index contributed by atoms with van der Waals surface area (Å²) < 4.78 is 5.28. The Labute approximate surface area is 145 Å². The first-order chi connectivity index (χ1) is 11.7. The van der Waals surface area contributed by atoms with Crippen molar-refractivity contribution in [2.45, 2.75) is 0 Å². The first-order valence-corrected chi connectivity index (χ1v) is 7.86. The molecule has 4 heteroatoms. The summed E-state index contributed by atoms with van der Waals surface area (Å²) >= 11 is 6.02. The number of hydrogen-bond acceptors (Lipinski definition) is 2. The molecule has 0 aliphatic rings. The number of methoxy groups -OCH3 is 1. The third-order valence-electron chi connectivity index (χ3n) is 3.67. The SMILES string of the molecule is COc1ccc(Cl)cc1NC(=O)c1ccccc1-c1ccccc1. The summed E-state index contributed by atoms with van der Waals surface area (Å²) in [5.74, 6) is 0.347. The zero-order valence-corrected chi connectivity index (χ0v) is 13.9. The van der Waals surface area contributed by atoms with Crippen LogP contribution in [0.3, 0.4) is 0 Å². The number of anilines is 1. The second kappa shape index (κ2) is 7.20. The lowest BCUT2D eigenvalue weighted by Gasteiger charge is -2.13. The summed E-state index contributed by atoms with van der Waals surface area (Å²) in [6.45, 7) is 0. The van der Waals surface area contributed by atoms with Gasteiger partial charge in [-0.15, -0.1) is 0 Å². The Morgan fingerprint density at radius 2 is 1.67 bits per heavy atom. The van der Waals surface area contributed by atoms with Gasteiger partial charge in [-0.25, -0.2) is 0 Å². The van der Waals surface area contributed by atoms with Crippen molar-refractivity contribution in [2.75, 3.05) is 12.4 Å². The van der Waals surface area contributed by atoms with Gasteiger partial charge in [0, 0.05) is 10.6 Å². The van der Waals surface area contributed by atoms with Crippen LogP contribution in [0.2, 0.25) is 5.02 Å². The van der Waals surface area contributed by atoms with E-state index in [9.17, 15) is 4.79 Å². The van der Waals surface area contributed by atoms with Crippen molar-refractivity contribution in [2.24, 2.45) is 0 Å². The fraction of sp³-hybridized carbons (Fsp3) is 0.0500. The van der Waals surface area contributed by atoms with Crippen LogP contribution in [0.5, 0.6) is 5.75 Å². The van der Waals surface area contributed by atoms with E-state index in [2.05, 4.69) is 5.32 Å². The Balaban J connectivity index is 1.96. The largest absolute Gasteiger partial charge is 0.495 e. The first kappa shape index (κ1) is 16.1. The summed E-state index contributed by atoms with van der Waals surface area (Å²) in [7, 11) is 1.55. The molecule has 0 aliphatic heterocycles. The number of carbonyl (C=O) groups excluding carboxylic acids is 1. The number of amides is 1. The minimum absolute atomic E-state index is 0.213. The average molecular weight is 338 g/mol. The van der Waals surface area contributed by atoms with E-state index in [1.54, 1.807) is 31.4 Å². The molecule has 0 aromatic heterocycles. The maximum absolute atomic E-state index is 12.8. The highest BCUT2D eigenvalue weighted by atomic mass is 35.5. The maximum Gasteiger partial charge on any atom is 0.256 e. The Hall–Kier alpha value is -2.78. The molecular formula is C20H16ClNO2. The molecule has 0 saturated heterocycles. The second-order valence-electron chi connectivity index (χ2n) is 5.21. The summed E-state index contributed by atoms with van der Waals surface area (Å²) in [6.07, 6.45) is 0. The molecule has 0 spiro atoms.